The molecule has 0 bridgehead atoms. The molecule has 2 heterocycles. The minimum absolute atomic E-state index is 0.0845. The van der Waals surface area contributed by atoms with Crippen LogP contribution in [0.4, 0.5) is 4.79 Å². The topological polar surface area (TPSA) is 123 Å². The van der Waals surface area contributed by atoms with E-state index in [1.165, 1.54) is 12.0 Å². The highest BCUT2D eigenvalue weighted by Crippen LogP contribution is 2.31. The van der Waals surface area contributed by atoms with Crippen molar-refractivity contribution in [3.05, 3.63) is 83.1 Å². The second-order valence-corrected chi connectivity index (χ2v) is 7.96. The molecule has 2 N–H and O–H groups in total. The number of nitrogens with zero attached hydrogens (tertiary/aromatic N) is 1. The van der Waals surface area contributed by atoms with Gasteiger partial charge < -0.3 is 24.8 Å². The van der Waals surface area contributed by atoms with Crippen molar-refractivity contribution in [3.8, 4) is 5.75 Å². The quantitative estimate of drug-likeness (QED) is 0.544. The first-order valence-electron chi connectivity index (χ1n) is 11.2. The highest BCUT2D eigenvalue weighted by atomic mass is 16.5. The molecule has 2 aliphatic rings. The van der Waals surface area contributed by atoms with Gasteiger partial charge in [-0.3, -0.25) is 14.5 Å². The highest BCUT2D eigenvalue weighted by Gasteiger charge is 2.35. The number of methoxy groups -OCH3 is 1. The van der Waals surface area contributed by atoms with Gasteiger partial charge in [0.15, 0.2) is 0 Å². The number of hydrogen-bond acceptors (Lipinski definition) is 7. The lowest BCUT2D eigenvalue weighted by molar-refractivity contribution is -0.143. The van der Waals surface area contributed by atoms with Crippen LogP contribution in [0.3, 0.4) is 0 Å². The maximum atomic E-state index is 12.9. The second kappa shape index (κ2) is 10.3. The lowest BCUT2D eigenvalue weighted by Crippen LogP contribution is -2.47. The number of carbonyl (C=O) groups is 4. The van der Waals surface area contributed by atoms with Gasteiger partial charge in [0.1, 0.15) is 18.9 Å². The zero-order chi connectivity index (χ0) is 25.8. The number of carbonyl (C=O) groups excluding carboxylic acids is 4. The van der Waals surface area contributed by atoms with Crippen LogP contribution in [0.25, 0.3) is 5.70 Å². The normalized spacial score (nSPS) is 16.8. The molecule has 36 heavy (non-hydrogen) atoms. The van der Waals surface area contributed by atoms with Crippen LogP contribution in [0.1, 0.15) is 34.5 Å². The molecule has 186 valence electrons. The second-order valence-electron chi connectivity index (χ2n) is 7.96. The van der Waals surface area contributed by atoms with E-state index >= 15 is 0 Å². The minimum Gasteiger partial charge on any atom is -0.497 e. The summed E-state index contributed by atoms with van der Waals surface area (Å²) in [5, 5.41) is 5.24. The summed E-state index contributed by atoms with van der Waals surface area (Å²) in [5.74, 6) is -1.15. The Bertz CT molecular complexity index is 1230. The number of urea groups is 1. The number of hydrogen-bond donors (Lipinski definition) is 2. The van der Waals surface area contributed by atoms with Gasteiger partial charge in [-0.05, 0) is 30.7 Å². The number of ether oxygens (including phenoxy) is 3. The van der Waals surface area contributed by atoms with Crippen molar-refractivity contribution in [3.63, 3.8) is 0 Å². The van der Waals surface area contributed by atoms with E-state index < -0.39 is 30.6 Å². The smallest absolute Gasteiger partial charge is 0.338 e. The molecule has 4 rings (SSSR count). The van der Waals surface area contributed by atoms with Crippen molar-refractivity contribution in [2.45, 2.75) is 13.0 Å². The summed E-state index contributed by atoms with van der Waals surface area (Å²) < 4.78 is 15.7. The molecule has 0 aromatic heterocycles. The Hall–Kier alpha value is -4.60. The summed E-state index contributed by atoms with van der Waals surface area (Å²) in [6.45, 7) is 4.89. The van der Waals surface area contributed by atoms with Crippen LogP contribution < -0.4 is 15.4 Å². The lowest BCUT2D eigenvalue weighted by Gasteiger charge is -2.29. The third-order valence-corrected chi connectivity index (χ3v) is 5.80. The molecule has 0 saturated heterocycles. The van der Waals surface area contributed by atoms with Gasteiger partial charge in [-0.15, -0.1) is 0 Å². The lowest BCUT2D eigenvalue weighted by atomic mass is 9.95. The Kier molecular flexibility index (Phi) is 7.05. The molecule has 3 amide bonds. The van der Waals surface area contributed by atoms with Crippen LogP contribution in [0.5, 0.6) is 5.75 Å². The molecular weight excluding hydrogens is 466 g/mol. The van der Waals surface area contributed by atoms with Gasteiger partial charge in [0, 0.05) is 16.8 Å². The number of fused-ring (bicyclic) bond motifs is 1. The largest absolute Gasteiger partial charge is 0.497 e. The number of rotatable bonds is 8. The molecule has 10 nitrogen and oxygen atoms in total. The molecule has 1 unspecified atom stereocenters. The molecule has 10 heteroatoms. The van der Waals surface area contributed by atoms with Crippen LogP contribution >= 0.6 is 0 Å². The van der Waals surface area contributed by atoms with Crippen LogP contribution in [-0.4, -0.2) is 55.6 Å². The zero-order valence-corrected chi connectivity index (χ0v) is 19.8. The van der Waals surface area contributed by atoms with E-state index in [0.29, 0.717) is 28.1 Å². The fourth-order valence-corrected chi connectivity index (χ4v) is 4.06. The molecule has 0 spiro atoms. The highest BCUT2D eigenvalue weighted by molar-refractivity contribution is 6.10. The van der Waals surface area contributed by atoms with Crippen molar-refractivity contribution < 1.29 is 33.4 Å². The number of nitrogens with one attached hydrogen (secondary N) is 2. The Labute approximate surface area is 207 Å². The predicted molar refractivity (Wildman–Crippen MR) is 129 cm³/mol. The van der Waals surface area contributed by atoms with Gasteiger partial charge in [0.25, 0.3) is 5.91 Å². The first-order valence-corrected chi connectivity index (χ1v) is 11.2. The number of esters is 2. The van der Waals surface area contributed by atoms with E-state index in [0.717, 1.165) is 0 Å². The van der Waals surface area contributed by atoms with Crippen molar-refractivity contribution >= 4 is 29.6 Å². The average molecular weight is 492 g/mol. The average Bonchev–Trinajstić information content (AvgIpc) is 3.12. The molecule has 0 radical (unpaired) electrons. The zero-order valence-electron chi connectivity index (χ0n) is 19.8. The first kappa shape index (κ1) is 24.5. The predicted octanol–water partition coefficient (Wildman–Crippen LogP) is 2.54. The Morgan fingerprint density at radius 3 is 2.36 bits per heavy atom. The third-order valence-electron chi connectivity index (χ3n) is 5.80. The summed E-state index contributed by atoms with van der Waals surface area (Å²) in [4.78, 5) is 51.8. The van der Waals surface area contributed by atoms with Crippen molar-refractivity contribution in [1.82, 2.24) is 15.5 Å². The number of amides is 3. The summed E-state index contributed by atoms with van der Waals surface area (Å²) in [6.07, 6.45) is 0. The maximum Gasteiger partial charge on any atom is 0.338 e. The molecule has 0 fully saturated rings. The van der Waals surface area contributed by atoms with Crippen molar-refractivity contribution in [1.29, 1.82) is 0 Å². The number of benzene rings is 2. The monoisotopic (exact) mass is 491 g/mol. The molecule has 0 saturated carbocycles. The van der Waals surface area contributed by atoms with Crippen molar-refractivity contribution in [2.24, 2.45) is 0 Å². The van der Waals surface area contributed by atoms with Gasteiger partial charge in [0.05, 0.1) is 31.0 Å². The first-order chi connectivity index (χ1) is 17.3. The molecule has 2 aromatic carbocycles. The third kappa shape index (κ3) is 4.78. The van der Waals surface area contributed by atoms with E-state index in [-0.39, 0.29) is 30.3 Å². The summed E-state index contributed by atoms with van der Waals surface area (Å²) in [6, 6.07) is 12.3. The Morgan fingerprint density at radius 1 is 1.03 bits per heavy atom. The van der Waals surface area contributed by atoms with Gasteiger partial charge >= 0.3 is 18.0 Å². The van der Waals surface area contributed by atoms with Crippen LogP contribution in [0.2, 0.25) is 0 Å². The van der Waals surface area contributed by atoms with E-state index in [1.54, 1.807) is 55.5 Å². The summed E-state index contributed by atoms with van der Waals surface area (Å²) in [5.41, 5.74) is 2.29. The van der Waals surface area contributed by atoms with Gasteiger partial charge in [-0.1, -0.05) is 36.9 Å². The van der Waals surface area contributed by atoms with E-state index in [2.05, 4.69) is 17.2 Å². The van der Waals surface area contributed by atoms with Gasteiger partial charge in [-0.25, -0.2) is 9.59 Å². The van der Waals surface area contributed by atoms with Gasteiger partial charge in [0.2, 0.25) is 0 Å². The van der Waals surface area contributed by atoms with E-state index in [4.69, 9.17) is 14.2 Å². The Morgan fingerprint density at radius 2 is 1.72 bits per heavy atom. The standard InChI is InChI=1S/C26H25N3O7/c1-4-35-25(32)22-20(27-26(33)28-23(22)16-9-11-17(34-3)12-10-16)14-36-21(30)13-29-15(2)18-7-5-6-8-19(18)24(29)31/h5-12,23H,2,4,13-14H2,1,3H3,(H2,27,28,33). The summed E-state index contributed by atoms with van der Waals surface area (Å²) >= 11 is 0. The van der Waals surface area contributed by atoms with E-state index in [1.807, 2.05) is 0 Å². The van der Waals surface area contributed by atoms with Crippen molar-refractivity contribution in [2.75, 3.05) is 26.9 Å². The molecule has 2 aliphatic heterocycles. The minimum atomic E-state index is -0.841. The van der Waals surface area contributed by atoms with Crippen LogP contribution in [0.15, 0.2) is 66.4 Å². The SMILES string of the molecule is C=C1c2ccccc2C(=O)N1CC(=O)OCC1=C(C(=O)OCC)C(c2ccc(OC)cc2)NC(=O)N1. The fraction of sp³-hybridized carbons (Fsp3) is 0.231. The fourth-order valence-electron chi connectivity index (χ4n) is 4.06. The van der Waals surface area contributed by atoms with Gasteiger partial charge in [-0.2, -0.15) is 0 Å². The maximum absolute atomic E-state index is 12.9. The Balaban J connectivity index is 1.54. The van der Waals surface area contributed by atoms with Crippen LogP contribution in [0, 0.1) is 0 Å². The molecule has 2 aromatic rings. The summed E-state index contributed by atoms with van der Waals surface area (Å²) in [7, 11) is 1.53. The molecular formula is C26H25N3O7. The molecule has 0 aliphatic carbocycles. The molecule has 1 atom stereocenters. The van der Waals surface area contributed by atoms with E-state index in [9.17, 15) is 19.2 Å². The van der Waals surface area contributed by atoms with Crippen LogP contribution in [-0.2, 0) is 19.1 Å².